The van der Waals surface area contributed by atoms with E-state index in [0.29, 0.717) is 19.3 Å². The standard InChI is InChI=1S/C12H22N2O2/c15-12(10-5-6-13-9-10)14-7-8-16-11-3-1-2-4-11/h10-11,13H,1-9H2,(H,14,15). The molecule has 1 atom stereocenters. The topological polar surface area (TPSA) is 50.4 Å². The van der Waals surface area contributed by atoms with Crippen molar-refractivity contribution in [2.75, 3.05) is 26.2 Å². The molecule has 0 aromatic carbocycles. The average Bonchev–Trinajstić information content (AvgIpc) is 2.96. The largest absolute Gasteiger partial charge is 0.376 e. The Kier molecular flexibility index (Phi) is 4.60. The summed E-state index contributed by atoms with van der Waals surface area (Å²) in [5, 5.41) is 6.14. The lowest BCUT2D eigenvalue weighted by molar-refractivity contribution is -0.124. The van der Waals surface area contributed by atoms with E-state index in [2.05, 4.69) is 10.6 Å². The molecular weight excluding hydrogens is 204 g/mol. The number of hydrogen-bond acceptors (Lipinski definition) is 3. The predicted molar refractivity (Wildman–Crippen MR) is 62.2 cm³/mol. The van der Waals surface area contributed by atoms with Crippen LogP contribution in [0.5, 0.6) is 0 Å². The van der Waals surface area contributed by atoms with Crippen LogP contribution in [0, 0.1) is 5.92 Å². The second kappa shape index (κ2) is 6.21. The Morgan fingerprint density at radius 3 is 2.81 bits per heavy atom. The van der Waals surface area contributed by atoms with Crippen LogP contribution in [0.4, 0.5) is 0 Å². The van der Waals surface area contributed by atoms with Gasteiger partial charge in [0.1, 0.15) is 0 Å². The van der Waals surface area contributed by atoms with Crippen LogP contribution in [-0.4, -0.2) is 38.3 Å². The molecule has 0 radical (unpaired) electrons. The van der Waals surface area contributed by atoms with Gasteiger partial charge in [-0.05, 0) is 25.8 Å². The molecule has 0 aromatic rings. The van der Waals surface area contributed by atoms with E-state index in [4.69, 9.17) is 4.74 Å². The number of hydrogen-bond donors (Lipinski definition) is 2. The van der Waals surface area contributed by atoms with E-state index in [1.807, 2.05) is 0 Å². The summed E-state index contributed by atoms with van der Waals surface area (Å²) < 4.78 is 5.69. The number of ether oxygens (including phenoxy) is 1. The summed E-state index contributed by atoms with van der Waals surface area (Å²) in [6, 6.07) is 0. The molecule has 16 heavy (non-hydrogen) atoms. The Labute approximate surface area is 97.1 Å². The highest BCUT2D eigenvalue weighted by molar-refractivity contribution is 5.79. The van der Waals surface area contributed by atoms with Crippen LogP contribution < -0.4 is 10.6 Å². The number of rotatable bonds is 5. The molecule has 2 rings (SSSR count). The summed E-state index contributed by atoms with van der Waals surface area (Å²) in [5.74, 6) is 0.353. The van der Waals surface area contributed by atoms with Gasteiger partial charge in [-0.1, -0.05) is 12.8 Å². The Balaban J connectivity index is 1.51. The normalized spacial score (nSPS) is 26.1. The van der Waals surface area contributed by atoms with Gasteiger partial charge in [-0.15, -0.1) is 0 Å². The summed E-state index contributed by atoms with van der Waals surface area (Å²) >= 11 is 0. The fourth-order valence-electron chi connectivity index (χ4n) is 2.48. The van der Waals surface area contributed by atoms with E-state index in [0.717, 1.165) is 19.5 Å². The lowest BCUT2D eigenvalue weighted by Crippen LogP contribution is -2.34. The molecule has 2 fully saturated rings. The third-order valence-corrected chi connectivity index (χ3v) is 3.49. The summed E-state index contributed by atoms with van der Waals surface area (Å²) in [6.07, 6.45) is 6.40. The zero-order valence-corrected chi connectivity index (χ0v) is 9.84. The zero-order chi connectivity index (χ0) is 11.2. The summed E-state index contributed by atoms with van der Waals surface area (Å²) in [6.45, 7) is 3.12. The Morgan fingerprint density at radius 1 is 1.31 bits per heavy atom. The maximum Gasteiger partial charge on any atom is 0.224 e. The van der Waals surface area contributed by atoms with E-state index in [1.54, 1.807) is 0 Å². The van der Waals surface area contributed by atoms with Gasteiger partial charge < -0.3 is 15.4 Å². The van der Waals surface area contributed by atoms with Gasteiger partial charge in [0, 0.05) is 13.1 Å². The summed E-state index contributed by atoms with van der Waals surface area (Å²) in [4.78, 5) is 11.6. The highest BCUT2D eigenvalue weighted by Gasteiger charge is 2.21. The third kappa shape index (κ3) is 3.46. The smallest absolute Gasteiger partial charge is 0.224 e. The van der Waals surface area contributed by atoms with Gasteiger partial charge in [0.25, 0.3) is 0 Å². The number of carbonyl (C=O) groups excluding carboxylic acids is 1. The number of amides is 1. The van der Waals surface area contributed by atoms with E-state index < -0.39 is 0 Å². The maximum absolute atomic E-state index is 11.6. The second-order valence-electron chi connectivity index (χ2n) is 4.76. The number of nitrogens with one attached hydrogen (secondary N) is 2. The minimum Gasteiger partial charge on any atom is -0.376 e. The van der Waals surface area contributed by atoms with E-state index in [-0.39, 0.29) is 11.8 Å². The molecule has 1 aliphatic heterocycles. The van der Waals surface area contributed by atoms with Crippen molar-refractivity contribution in [1.29, 1.82) is 0 Å². The van der Waals surface area contributed by atoms with Gasteiger partial charge >= 0.3 is 0 Å². The van der Waals surface area contributed by atoms with Crippen molar-refractivity contribution in [2.45, 2.75) is 38.2 Å². The fourth-order valence-corrected chi connectivity index (χ4v) is 2.48. The highest BCUT2D eigenvalue weighted by Crippen LogP contribution is 2.20. The first-order valence-electron chi connectivity index (χ1n) is 6.46. The molecule has 0 bridgehead atoms. The minimum absolute atomic E-state index is 0.173. The molecule has 0 spiro atoms. The van der Waals surface area contributed by atoms with Crippen LogP contribution in [0.15, 0.2) is 0 Å². The first-order valence-corrected chi connectivity index (χ1v) is 6.46. The molecule has 0 aromatic heterocycles. The SMILES string of the molecule is O=C(NCCOC1CCCC1)C1CCNC1. The van der Waals surface area contributed by atoms with Crippen LogP contribution in [0.1, 0.15) is 32.1 Å². The zero-order valence-electron chi connectivity index (χ0n) is 9.84. The Morgan fingerprint density at radius 2 is 2.12 bits per heavy atom. The summed E-state index contributed by atoms with van der Waals surface area (Å²) in [5.41, 5.74) is 0. The van der Waals surface area contributed by atoms with Crippen LogP contribution in [-0.2, 0) is 9.53 Å². The molecule has 1 amide bonds. The first kappa shape index (κ1) is 11.9. The van der Waals surface area contributed by atoms with Crippen molar-refractivity contribution >= 4 is 5.91 Å². The third-order valence-electron chi connectivity index (χ3n) is 3.49. The monoisotopic (exact) mass is 226 g/mol. The second-order valence-corrected chi connectivity index (χ2v) is 4.76. The molecule has 2 aliphatic rings. The maximum atomic E-state index is 11.6. The van der Waals surface area contributed by atoms with Crippen molar-refractivity contribution in [2.24, 2.45) is 5.92 Å². The van der Waals surface area contributed by atoms with Crippen molar-refractivity contribution < 1.29 is 9.53 Å². The van der Waals surface area contributed by atoms with Crippen molar-refractivity contribution in [3.63, 3.8) is 0 Å². The molecule has 1 saturated carbocycles. The molecule has 1 saturated heterocycles. The van der Waals surface area contributed by atoms with E-state index in [1.165, 1.54) is 25.7 Å². The van der Waals surface area contributed by atoms with Gasteiger partial charge in [0.2, 0.25) is 5.91 Å². The van der Waals surface area contributed by atoms with Crippen LogP contribution in [0.25, 0.3) is 0 Å². The summed E-state index contributed by atoms with van der Waals surface area (Å²) in [7, 11) is 0. The quantitative estimate of drug-likeness (QED) is 0.678. The fraction of sp³-hybridized carbons (Fsp3) is 0.917. The predicted octanol–water partition coefficient (Wildman–Crippen LogP) is 0.671. The molecule has 1 unspecified atom stereocenters. The molecule has 4 nitrogen and oxygen atoms in total. The molecule has 1 heterocycles. The van der Waals surface area contributed by atoms with Crippen molar-refractivity contribution in [3.8, 4) is 0 Å². The molecule has 92 valence electrons. The van der Waals surface area contributed by atoms with Gasteiger partial charge in [-0.3, -0.25) is 4.79 Å². The van der Waals surface area contributed by atoms with Gasteiger partial charge in [-0.2, -0.15) is 0 Å². The molecule has 1 aliphatic carbocycles. The van der Waals surface area contributed by atoms with Crippen LogP contribution >= 0.6 is 0 Å². The first-order chi connectivity index (χ1) is 7.86. The van der Waals surface area contributed by atoms with Crippen molar-refractivity contribution in [3.05, 3.63) is 0 Å². The molecular formula is C12H22N2O2. The lowest BCUT2D eigenvalue weighted by Gasteiger charge is -2.13. The van der Waals surface area contributed by atoms with Crippen LogP contribution in [0.3, 0.4) is 0 Å². The van der Waals surface area contributed by atoms with Gasteiger partial charge in [-0.25, -0.2) is 0 Å². The average molecular weight is 226 g/mol. The van der Waals surface area contributed by atoms with Crippen LogP contribution in [0.2, 0.25) is 0 Å². The highest BCUT2D eigenvalue weighted by atomic mass is 16.5. The Hall–Kier alpha value is -0.610. The lowest BCUT2D eigenvalue weighted by atomic mass is 10.1. The van der Waals surface area contributed by atoms with E-state index in [9.17, 15) is 4.79 Å². The van der Waals surface area contributed by atoms with Gasteiger partial charge in [0.15, 0.2) is 0 Å². The molecule has 4 heteroatoms. The van der Waals surface area contributed by atoms with E-state index >= 15 is 0 Å². The number of carbonyl (C=O) groups is 1. The minimum atomic E-state index is 0.173. The molecule has 2 N–H and O–H groups in total. The van der Waals surface area contributed by atoms with Crippen molar-refractivity contribution in [1.82, 2.24) is 10.6 Å². The van der Waals surface area contributed by atoms with Gasteiger partial charge in [0.05, 0.1) is 18.6 Å². The Bertz CT molecular complexity index is 221.